The van der Waals surface area contributed by atoms with E-state index in [0.29, 0.717) is 12.5 Å². The fourth-order valence-electron chi connectivity index (χ4n) is 4.81. The molecule has 8 nitrogen and oxygen atoms in total. The number of rotatable bonds is 5. The topological polar surface area (TPSA) is 85.0 Å². The van der Waals surface area contributed by atoms with Crippen LogP contribution in [0.2, 0.25) is 0 Å². The monoisotopic (exact) mass is 432 g/mol. The number of hydrogen-bond donors (Lipinski definition) is 1. The molecule has 1 saturated heterocycles. The van der Waals surface area contributed by atoms with Gasteiger partial charge in [0.05, 0.1) is 11.0 Å². The number of para-hydroxylation sites is 2. The van der Waals surface area contributed by atoms with Gasteiger partial charge >= 0.3 is 5.69 Å². The minimum Gasteiger partial charge on any atom is -0.350 e. The summed E-state index contributed by atoms with van der Waals surface area (Å²) in [6, 6.07) is 9.52. The summed E-state index contributed by atoms with van der Waals surface area (Å²) in [5.74, 6) is 0.542. The Morgan fingerprint density at radius 2 is 1.88 bits per heavy atom. The van der Waals surface area contributed by atoms with Gasteiger partial charge in [0.1, 0.15) is 6.54 Å². The molecule has 8 heteroatoms. The van der Waals surface area contributed by atoms with E-state index in [1.165, 1.54) is 0 Å². The van der Waals surface area contributed by atoms with Gasteiger partial charge in [0.2, 0.25) is 11.9 Å². The summed E-state index contributed by atoms with van der Waals surface area (Å²) in [5.41, 5.74) is 2.56. The first-order valence-electron chi connectivity index (χ1n) is 11.4. The third-order valence-corrected chi connectivity index (χ3v) is 6.31. The molecular formula is C24H28N6O2. The van der Waals surface area contributed by atoms with Crippen molar-refractivity contribution in [2.45, 2.75) is 51.1 Å². The van der Waals surface area contributed by atoms with Gasteiger partial charge in [-0.25, -0.2) is 14.8 Å². The highest BCUT2D eigenvalue weighted by Crippen LogP contribution is 2.25. The van der Waals surface area contributed by atoms with Gasteiger partial charge < -0.3 is 10.2 Å². The van der Waals surface area contributed by atoms with Crippen molar-refractivity contribution in [1.82, 2.24) is 24.4 Å². The number of amides is 1. The Labute approximate surface area is 186 Å². The predicted octanol–water partition coefficient (Wildman–Crippen LogP) is 2.79. The third kappa shape index (κ3) is 4.04. The van der Waals surface area contributed by atoms with E-state index in [2.05, 4.69) is 26.3 Å². The Balaban J connectivity index is 1.35. The lowest BCUT2D eigenvalue weighted by atomic mass is 10.0. The van der Waals surface area contributed by atoms with Crippen molar-refractivity contribution in [2.75, 3.05) is 18.0 Å². The molecule has 0 radical (unpaired) electrons. The molecule has 0 saturated carbocycles. The molecule has 1 N–H and O–H groups in total. The third-order valence-electron chi connectivity index (χ3n) is 6.31. The smallest absolute Gasteiger partial charge is 0.333 e. The van der Waals surface area contributed by atoms with Crippen molar-refractivity contribution in [3.63, 3.8) is 0 Å². The molecule has 2 aliphatic rings. The van der Waals surface area contributed by atoms with Gasteiger partial charge in [-0.2, -0.15) is 0 Å². The molecule has 3 heterocycles. The van der Waals surface area contributed by atoms with Gasteiger partial charge in [0.15, 0.2) is 0 Å². The van der Waals surface area contributed by atoms with Gasteiger partial charge in [-0.15, -0.1) is 0 Å². The molecule has 0 spiro atoms. The summed E-state index contributed by atoms with van der Waals surface area (Å²) in [4.78, 5) is 37.0. The molecule has 166 valence electrons. The summed E-state index contributed by atoms with van der Waals surface area (Å²) in [6.45, 7) is 1.55. The first kappa shape index (κ1) is 20.5. The van der Waals surface area contributed by atoms with Crippen LogP contribution < -0.4 is 15.9 Å². The fourth-order valence-corrected chi connectivity index (χ4v) is 4.81. The number of imidazole rings is 1. The van der Waals surface area contributed by atoms with Crippen LogP contribution in [0.5, 0.6) is 0 Å². The van der Waals surface area contributed by atoms with Crippen LogP contribution in [-0.4, -0.2) is 44.1 Å². The maximum absolute atomic E-state index is 13.3. The summed E-state index contributed by atoms with van der Waals surface area (Å²) in [7, 11) is 0. The number of hydrogen-bond acceptors (Lipinski definition) is 5. The number of piperidine rings is 1. The summed E-state index contributed by atoms with van der Waals surface area (Å²) in [5, 5.41) is 3.13. The quantitative estimate of drug-likeness (QED) is 0.670. The van der Waals surface area contributed by atoms with Crippen molar-refractivity contribution in [1.29, 1.82) is 0 Å². The summed E-state index contributed by atoms with van der Waals surface area (Å²) in [6.07, 6.45) is 11.6. The number of allylic oxidation sites excluding steroid dienone is 2. The second-order valence-electron chi connectivity index (χ2n) is 8.54. The summed E-state index contributed by atoms with van der Waals surface area (Å²) >= 11 is 0. The van der Waals surface area contributed by atoms with Crippen LogP contribution >= 0.6 is 0 Å². The highest BCUT2D eigenvalue weighted by Gasteiger charge is 2.24. The Morgan fingerprint density at radius 3 is 2.66 bits per heavy atom. The number of anilines is 1. The number of fused-ring (bicyclic) bond motifs is 1. The zero-order chi connectivity index (χ0) is 21.9. The van der Waals surface area contributed by atoms with Crippen LogP contribution in [0.25, 0.3) is 16.7 Å². The molecular weight excluding hydrogens is 404 g/mol. The van der Waals surface area contributed by atoms with Crippen molar-refractivity contribution in [3.8, 4) is 0 Å². The minimum atomic E-state index is -0.145. The molecule has 0 bridgehead atoms. The van der Waals surface area contributed by atoms with Crippen molar-refractivity contribution in [2.24, 2.45) is 0 Å². The molecule has 3 aromatic rings. The van der Waals surface area contributed by atoms with E-state index in [1.807, 2.05) is 24.3 Å². The van der Waals surface area contributed by atoms with Crippen LogP contribution in [0, 0.1) is 0 Å². The Kier molecular flexibility index (Phi) is 5.75. The number of nitrogens with zero attached hydrogens (tertiary/aromatic N) is 5. The van der Waals surface area contributed by atoms with Crippen molar-refractivity contribution >= 4 is 28.6 Å². The van der Waals surface area contributed by atoms with Gasteiger partial charge in [-0.1, -0.05) is 18.2 Å². The lowest BCUT2D eigenvalue weighted by molar-refractivity contribution is -0.122. The molecule has 0 unspecified atom stereocenters. The van der Waals surface area contributed by atoms with Gasteiger partial charge in [-0.05, 0) is 56.7 Å². The number of carbonyl (C=O) groups is 1. The lowest BCUT2D eigenvalue weighted by Gasteiger charge is -2.33. The Hall–Kier alpha value is -3.42. The van der Waals surface area contributed by atoms with Crippen LogP contribution in [0.3, 0.4) is 0 Å². The second kappa shape index (κ2) is 8.98. The molecule has 5 rings (SSSR count). The first-order chi connectivity index (χ1) is 15.7. The van der Waals surface area contributed by atoms with Crippen LogP contribution in [0.4, 0.5) is 5.95 Å². The first-order valence-corrected chi connectivity index (χ1v) is 11.4. The SMILES string of the molecule is O=C(Cn1c(=O)n(C2=CCCCC2)c2ccccc21)N[C@H]1CCCN(c2ncccn2)C1. The molecule has 2 aromatic heterocycles. The zero-order valence-electron chi connectivity index (χ0n) is 18.1. The van der Waals surface area contributed by atoms with Gasteiger partial charge in [0, 0.05) is 37.2 Å². The second-order valence-corrected chi connectivity index (χ2v) is 8.54. The highest BCUT2D eigenvalue weighted by atomic mass is 16.2. The Bertz CT molecular complexity index is 1200. The van der Waals surface area contributed by atoms with Crippen molar-refractivity contribution in [3.05, 3.63) is 59.3 Å². The zero-order valence-corrected chi connectivity index (χ0v) is 18.1. The average Bonchev–Trinajstić information content (AvgIpc) is 3.11. The molecule has 32 heavy (non-hydrogen) atoms. The molecule has 1 atom stereocenters. The number of benzene rings is 1. The molecule has 1 amide bonds. The predicted molar refractivity (Wildman–Crippen MR) is 124 cm³/mol. The fraction of sp³-hybridized carbons (Fsp3) is 0.417. The number of carbonyl (C=O) groups excluding carboxylic acids is 1. The molecule has 1 fully saturated rings. The highest BCUT2D eigenvalue weighted by molar-refractivity contribution is 5.83. The van der Waals surface area contributed by atoms with Gasteiger partial charge in [-0.3, -0.25) is 13.9 Å². The minimum absolute atomic E-state index is 0.00478. The number of aromatic nitrogens is 4. The molecule has 1 aromatic carbocycles. The number of nitrogens with one attached hydrogen (secondary N) is 1. The van der Waals surface area contributed by atoms with E-state index in [0.717, 1.165) is 61.8 Å². The lowest BCUT2D eigenvalue weighted by Crippen LogP contribution is -2.49. The van der Waals surface area contributed by atoms with E-state index in [4.69, 9.17) is 0 Å². The van der Waals surface area contributed by atoms with E-state index < -0.39 is 0 Å². The Morgan fingerprint density at radius 1 is 1.06 bits per heavy atom. The molecule has 1 aliphatic carbocycles. The average molecular weight is 433 g/mol. The maximum Gasteiger partial charge on any atom is 0.333 e. The summed E-state index contributed by atoms with van der Waals surface area (Å²) < 4.78 is 3.39. The van der Waals surface area contributed by atoms with Gasteiger partial charge in [0.25, 0.3) is 0 Å². The standard InChI is InChI=1S/C24H28N6O2/c31-22(27-18-8-6-15-28(16-18)23-25-13-7-14-26-23)17-29-20-11-4-5-12-21(20)30(24(29)32)19-9-2-1-3-10-19/h4-5,7,9,11-14,18H,1-3,6,8,10,15-17H2,(H,27,31)/t18-/m0/s1. The van der Waals surface area contributed by atoms with E-state index >= 15 is 0 Å². The molecule has 1 aliphatic heterocycles. The van der Waals surface area contributed by atoms with Crippen LogP contribution in [-0.2, 0) is 11.3 Å². The largest absolute Gasteiger partial charge is 0.350 e. The maximum atomic E-state index is 13.3. The normalized spacial score (nSPS) is 19.1. The van der Waals surface area contributed by atoms with Crippen molar-refractivity contribution < 1.29 is 4.79 Å². The van der Waals surface area contributed by atoms with Crippen LogP contribution in [0.1, 0.15) is 38.5 Å². The van der Waals surface area contributed by atoms with Crippen LogP contribution in [0.15, 0.2) is 53.6 Å². The van der Waals surface area contributed by atoms with E-state index in [1.54, 1.807) is 27.6 Å². The van der Waals surface area contributed by atoms with E-state index in [-0.39, 0.29) is 24.2 Å². The van der Waals surface area contributed by atoms with E-state index in [9.17, 15) is 9.59 Å².